The van der Waals surface area contributed by atoms with Gasteiger partial charge in [-0.1, -0.05) is 12.1 Å². The number of para-hydroxylation sites is 2. The fraction of sp³-hybridized carbons (Fsp3) is 0.412. The van der Waals surface area contributed by atoms with Crippen LogP contribution in [0.3, 0.4) is 0 Å². The molecule has 2 aromatic rings. The van der Waals surface area contributed by atoms with E-state index >= 15 is 0 Å². The SMILES string of the molecule is CCN(CC)c1cc(Nc2ccccc2OC(C)C)ncn1. The summed E-state index contributed by atoms with van der Waals surface area (Å²) in [5.41, 5.74) is 0.903. The van der Waals surface area contributed by atoms with E-state index in [2.05, 4.69) is 34.0 Å². The molecule has 0 saturated heterocycles. The Morgan fingerprint density at radius 1 is 1.14 bits per heavy atom. The molecule has 0 fully saturated rings. The first-order valence-electron chi connectivity index (χ1n) is 7.73. The molecule has 118 valence electrons. The molecule has 2 rings (SSSR count). The summed E-state index contributed by atoms with van der Waals surface area (Å²) in [6.45, 7) is 10.1. The Morgan fingerprint density at radius 3 is 2.55 bits per heavy atom. The van der Waals surface area contributed by atoms with E-state index in [1.54, 1.807) is 6.33 Å². The molecule has 0 aliphatic rings. The average molecular weight is 300 g/mol. The Labute approximate surface area is 132 Å². The van der Waals surface area contributed by atoms with Crippen molar-refractivity contribution in [3.05, 3.63) is 36.7 Å². The van der Waals surface area contributed by atoms with Crippen molar-refractivity contribution >= 4 is 17.3 Å². The monoisotopic (exact) mass is 300 g/mol. The van der Waals surface area contributed by atoms with Gasteiger partial charge in [0.15, 0.2) is 0 Å². The molecule has 5 nitrogen and oxygen atoms in total. The molecule has 0 bridgehead atoms. The molecule has 0 saturated carbocycles. The zero-order valence-corrected chi connectivity index (χ0v) is 13.7. The van der Waals surface area contributed by atoms with E-state index < -0.39 is 0 Å². The molecular formula is C17H24N4O. The second-order valence-corrected chi connectivity index (χ2v) is 5.22. The molecule has 1 aromatic heterocycles. The highest BCUT2D eigenvalue weighted by molar-refractivity contribution is 5.65. The van der Waals surface area contributed by atoms with Crippen LogP contribution < -0.4 is 15.0 Å². The van der Waals surface area contributed by atoms with E-state index in [4.69, 9.17) is 4.74 Å². The normalized spacial score (nSPS) is 10.6. The molecular weight excluding hydrogens is 276 g/mol. The summed E-state index contributed by atoms with van der Waals surface area (Å²) in [4.78, 5) is 10.8. The van der Waals surface area contributed by atoms with Crippen molar-refractivity contribution < 1.29 is 4.74 Å². The zero-order valence-electron chi connectivity index (χ0n) is 13.7. The molecule has 1 heterocycles. The van der Waals surface area contributed by atoms with E-state index in [1.165, 1.54) is 0 Å². The van der Waals surface area contributed by atoms with E-state index in [0.717, 1.165) is 36.2 Å². The summed E-state index contributed by atoms with van der Waals surface area (Å²) in [5, 5.41) is 3.32. The fourth-order valence-electron chi connectivity index (χ4n) is 2.20. The molecule has 1 aromatic carbocycles. The Kier molecular flexibility index (Phi) is 5.58. The van der Waals surface area contributed by atoms with Crippen molar-refractivity contribution in [2.45, 2.75) is 33.8 Å². The third-order valence-corrected chi connectivity index (χ3v) is 3.25. The van der Waals surface area contributed by atoms with Gasteiger partial charge in [-0.2, -0.15) is 0 Å². The van der Waals surface area contributed by atoms with Gasteiger partial charge in [0, 0.05) is 19.2 Å². The minimum atomic E-state index is 0.125. The zero-order chi connectivity index (χ0) is 15.9. The molecule has 0 spiro atoms. The molecule has 0 unspecified atom stereocenters. The Hall–Kier alpha value is -2.30. The molecule has 22 heavy (non-hydrogen) atoms. The summed E-state index contributed by atoms with van der Waals surface area (Å²) in [7, 11) is 0. The van der Waals surface area contributed by atoms with Gasteiger partial charge in [-0.3, -0.25) is 0 Å². The van der Waals surface area contributed by atoms with Crippen LogP contribution in [0.15, 0.2) is 36.7 Å². The predicted molar refractivity (Wildman–Crippen MR) is 91.1 cm³/mol. The first-order chi connectivity index (χ1) is 10.6. The number of aromatic nitrogens is 2. The Balaban J connectivity index is 2.22. The van der Waals surface area contributed by atoms with Gasteiger partial charge >= 0.3 is 0 Å². The van der Waals surface area contributed by atoms with Crippen LogP contribution in [0.4, 0.5) is 17.3 Å². The third kappa shape index (κ3) is 4.10. The largest absolute Gasteiger partial charge is 0.489 e. The van der Waals surface area contributed by atoms with Crippen molar-refractivity contribution in [3.8, 4) is 5.75 Å². The van der Waals surface area contributed by atoms with Crippen molar-refractivity contribution in [1.29, 1.82) is 0 Å². The Morgan fingerprint density at radius 2 is 1.86 bits per heavy atom. The van der Waals surface area contributed by atoms with Crippen LogP contribution in [0.1, 0.15) is 27.7 Å². The third-order valence-electron chi connectivity index (χ3n) is 3.25. The van der Waals surface area contributed by atoms with E-state index in [-0.39, 0.29) is 6.10 Å². The van der Waals surface area contributed by atoms with Gasteiger partial charge in [-0.05, 0) is 39.8 Å². The minimum absolute atomic E-state index is 0.125. The van der Waals surface area contributed by atoms with Crippen molar-refractivity contribution in [2.75, 3.05) is 23.3 Å². The van der Waals surface area contributed by atoms with Gasteiger partial charge in [0.2, 0.25) is 0 Å². The number of nitrogens with zero attached hydrogens (tertiary/aromatic N) is 3. The lowest BCUT2D eigenvalue weighted by molar-refractivity contribution is 0.244. The van der Waals surface area contributed by atoms with Crippen LogP contribution in [-0.4, -0.2) is 29.2 Å². The van der Waals surface area contributed by atoms with Gasteiger partial charge in [-0.25, -0.2) is 9.97 Å². The number of anilines is 3. The number of hydrogen-bond donors (Lipinski definition) is 1. The van der Waals surface area contributed by atoms with Gasteiger partial charge < -0.3 is 15.0 Å². The highest BCUT2D eigenvalue weighted by Crippen LogP contribution is 2.28. The van der Waals surface area contributed by atoms with Gasteiger partial charge in [-0.15, -0.1) is 0 Å². The van der Waals surface area contributed by atoms with Crippen LogP contribution in [0.25, 0.3) is 0 Å². The van der Waals surface area contributed by atoms with Crippen LogP contribution in [-0.2, 0) is 0 Å². The van der Waals surface area contributed by atoms with E-state index in [0.29, 0.717) is 0 Å². The molecule has 1 N–H and O–H groups in total. The number of nitrogens with one attached hydrogen (secondary N) is 1. The molecule has 0 amide bonds. The molecule has 0 aliphatic carbocycles. The average Bonchev–Trinajstić information content (AvgIpc) is 2.50. The first kappa shape index (κ1) is 16.1. The maximum Gasteiger partial charge on any atom is 0.143 e. The maximum absolute atomic E-state index is 5.82. The topological polar surface area (TPSA) is 50.3 Å². The number of rotatable bonds is 7. The lowest BCUT2D eigenvalue weighted by Gasteiger charge is -2.20. The van der Waals surface area contributed by atoms with Crippen LogP contribution in [0, 0.1) is 0 Å². The second-order valence-electron chi connectivity index (χ2n) is 5.22. The van der Waals surface area contributed by atoms with Gasteiger partial charge in [0.1, 0.15) is 23.7 Å². The quantitative estimate of drug-likeness (QED) is 0.841. The number of hydrogen-bond acceptors (Lipinski definition) is 5. The smallest absolute Gasteiger partial charge is 0.143 e. The Bertz CT molecular complexity index is 597. The number of ether oxygens (including phenoxy) is 1. The highest BCUT2D eigenvalue weighted by atomic mass is 16.5. The highest BCUT2D eigenvalue weighted by Gasteiger charge is 2.08. The molecule has 5 heteroatoms. The molecule has 0 aliphatic heterocycles. The lowest BCUT2D eigenvalue weighted by Crippen LogP contribution is -2.23. The van der Waals surface area contributed by atoms with Crippen molar-refractivity contribution in [2.24, 2.45) is 0 Å². The summed E-state index contributed by atoms with van der Waals surface area (Å²) in [6, 6.07) is 9.83. The van der Waals surface area contributed by atoms with E-state index in [9.17, 15) is 0 Å². The molecule has 0 atom stereocenters. The van der Waals surface area contributed by atoms with Gasteiger partial charge in [0.25, 0.3) is 0 Å². The van der Waals surface area contributed by atoms with E-state index in [1.807, 2.05) is 44.2 Å². The van der Waals surface area contributed by atoms with Crippen molar-refractivity contribution in [1.82, 2.24) is 9.97 Å². The minimum Gasteiger partial charge on any atom is -0.489 e. The first-order valence-corrected chi connectivity index (χ1v) is 7.73. The summed E-state index contributed by atoms with van der Waals surface area (Å²) >= 11 is 0. The summed E-state index contributed by atoms with van der Waals surface area (Å²) < 4.78 is 5.82. The standard InChI is InChI=1S/C17H24N4O/c1-5-21(6-2)17-11-16(18-12-19-17)20-14-9-7-8-10-15(14)22-13(3)4/h7-13H,5-6H2,1-4H3,(H,18,19,20). The van der Waals surface area contributed by atoms with Crippen LogP contribution in [0.2, 0.25) is 0 Å². The predicted octanol–water partition coefficient (Wildman–Crippen LogP) is 3.85. The van der Waals surface area contributed by atoms with Crippen LogP contribution >= 0.6 is 0 Å². The number of benzene rings is 1. The fourth-order valence-corrected chi connectivity index (χ4v) is 2.20. The van der Waals surface area contributed by atoms with Crippen LogP contribution in [0.5, 0.6) is 5.75 Å². The summed E-state index contributed by atoms with van der Waals surface area (Å²) in [5.74, 6) is 2.50. The summed E-state index contributed by atoms with van der Waals surface area (Å²) in [6.07, 6.45) is 1.71. The second kappa shape index (κ2) is 7.64. The molecule has 0 radical (unpaired) electrons. The lowest BCUT2D eigenvalue weighted by atomic mass is 10.3. The van der Waals surface area contributed by atoms with Gasteiger partial charge in [0.05, 0.1) is 11.8 Å². The maximum atomic E-state index is 5.82. The van der Waals surface area contributed by atoms with Crippen molar-refractivity contribution in [3.63, 3.8) is 0 Å².